The first-order valence-corrected chi connectivity index (χ1v) is 8.57. The molecule has 104 valence electrons. The Morgan fingerprint density at radius 1 is 1.37 bits per heavy atom. The van der Waals surface area contributed by atoms with E-state index in [9.17, 15) is 12.8 Å². The molecule has 1 heterocycles. The predicted octanol–water partition coefficient (Wildman–Crippen LogP) is 1.46. The van der Waals surface area contributed by atoms with Crippen LogP contribution in [0.5, 0.6) is 0 Å². The molecule has 1 fully saturated rings. The van der Waals surface area contributed by atoms with E-state index in [0.717, 1.165) is 0 Å². The molecule has 1 aliphatic heterocycles. The third-order valence-corrected chi connectivity index (χ3v) is 5.62. The summed E-state index contributed by atoms with van der Waals surface area (Å²) in [5.74, 6) is -0.382. The molecule has 0 amide bonds. The molecule has 2 N–H and O–H groups in total. The predicted molar refractivity (Wildman–Crippen MR) is 80.9 cm³/mol. The summed E-state index contributed by atoms with van der Waals surface area (Å²) >= 11 is 7.96. The monoisotopic (exact) mass is 366 g/mol. The van der Waals surface area contributed by atoms with Gasteiger partial charge in [-0.05, 0) is 28.1 Å². The van der Waals surface area contributed by atoms with Crippen LogP contribution in [0.1, 0.15) is 5.56 Å². The van der Waals surface area contributed by atoms with E-state index in [-0.39, 0.29) is 34.1 Å². The van der Waals surface area contributed by atoms with Gasteiger partial charge in [-0.15, -0.1) is 0 Å². The van der Waals surface area contributed by atoms with Crippen LogP contribution in [-0.2, 0) is 9.84 Å². The number of hydrogen-bond donors (Lipinski definition) is 1. The van der Waals surface area contributed by atoms with E-state index in [2.05, 4.69) is 15.9 Å². The van der Waals surface area contributed by atoms with Gasteiger partial charge in [0.1, 0.15) is 4.99 Å². The highest BCUT2D eigenvalue weighted by atomic mass is 79.9. The van der Waals surface area contributed by atoms with E-state index in [1.165, 1.54) is 0 Å². The molecular weight excluding hydrogens is 355 g/mol. The fourth-order valence-electron chi connectivity index (χ4n) is 1.93. The Labute approximate surface area is 124 Å². The van der Waals surface area contributed by atoms with Gasteiger partial charge < -0.3 is 10.6 Å². The number of rotatable bonds is 2. The second-order valence-electron chi connectivity index (χ2n) is 4.26. The highest BCUT2D eigenvalue weighted by Gasteiger charge is 2.25. The van der Waals surface area contributed by atoms with Crippen LogP contribution in [0.3, 0.4) is 0 Å². The van der Waals surface area contributed by atoms with Gasteiger partial charge in [-0.2, -0.15) is 0 Å². The van der Waals surface area contributed by atoms with Crippen LogP contribution in [0.25, 0.3) is 0 Å². The lowest BCUT2D eigenvalue weighted by Crippen LogP contribution is -2.40. The molecule has 19 heavy (non-hydrogen) atoms. The molecular formula is C11H12BrFN2O2S2. The van der Waals surface area contributed by atoms with E-state index in [0.29, 0.717) is 11.3 Å². The Morgan fingerprint density at radius 2 is 1.95 bits per heavy atom. The fraction of sp³-hybridized carbons (Fsp3) is 0.364. The first-order valence-electron chi connectivity index (χ1n) is 5.55. The second-order valence-corrected chi connectivity index (χ2v) is 7.80. The summed E-state index contributed by atoms with van der Waals surface area (Å²) in [6.07, 6.45) is 0. The van der Waals surface area contributed by atoms with Crippen LogP contribution < -0.4 is 10.6 Å². The molecule has 1 aromatic carbocycles. The normalized spacial score (nSPS) is 18.3. The Morgan fingerprint density at radius 3 is 2.47 bits per heavy atom. The topological polar surface area (TPSA) is 63.4 Å². The maximum absolute atomic E-state index is 14.2. The summed E-state index contributed by atoms with van der Waals surface area (Å²) in [5.41, 5.74) is 6.28. The van der Waals surface area contributed by atoms with E-state index in [1.54, 1.807) is 17.0 Å². The summed E-state index contributed by atoms with van der Waals surface area (Å²) in [7, 11) is -2.98. The first kappa shape index (κ1) is 14.7. The molecule has 1 aliphatic rings. The van der Waals surface area contributed by atoms with E-state index in [1.807, 2.05) is 0 Å². The molecule has 8 heteroatoms. The van der Waals surface area contributed by atoms with Gasteiger partial charge >= 0.3 is 0 Å². The number of benzene rings is 1. The van der Waals surface area contributed by atoms with Crippen molar-refractivity contribution in [3.8, 4) is 0 Å². The lowest BCUT2D eigenvalue weighted by molar-refractivity contribution is 0.581. The van der Waals surface area contributed by atoms with E-state index in [4.69, 9.17) is 18.0 Å². The van der Waals surface area contributed by atoms with Crippen molar-refractivity contribution >= 4 is 48.7 Å². The minimum absolute atomic E-state index is 0.0428. The first-order chi connectivity index (χ1) is 8.82. The van der Waals surface area contributed by atoms with Crippen LogP contribution in [0.4, 0.5) is 10.1 Å². The minimum Gasteiger partial charge on any atom is -0.389 e. The van der Waals surface area contributed by atoms with Gasteiger partial charge in [-0.1, -0.05) is 12.2 Å². The largest absolute Gasteiger partial charge is 0.389 e. The van der Waals surface area contributed by atoms with Crippen LogP contribution in [0.15, 0.2) is 16.6 Å². The van der Waals surface area contributed by atoms with Crippen molar-refractivity contribution in [2.45, 2.75) is 0 Å². The van der Waals surface area contributed by atoms with Crippen molar-refractivity contribution in [3.63, 3.8) is 0 Å². The standard InChI is InChI=1S/C11H12BrFN2O2S2/c12-9-7(11(14)18)1-2-8(10(9)13)15-3-5-19(16,17)6-4-15/h1-2H,3-6H2,(H2,14,18). The van der Waals surface area contributed by atoms with Gasteiger partial charge in [0.05, 0.1) is 21.7 Å². The summed E-state index contributed by atoms with van der Waals surface area (Å²) in [6.45, 7) is 0.580. The summed E-state index contributed by atoms with van der Waals surface area (Å²) in [5, 5.41) is 0. The molecule has 1 aromatic rings. The highest BCUT2D eigenvalue weighted by molar-refractivity contribution is 9.10. The smallest absolute Gasteiger partial charge is 0.161 e. The number of nitrogens with zero attached hydrogens (tertiary/aromatic N) is 1. The maximum atomic E-state index is 14.2. The van der Waals surface area contributed by atoms with Crippen LogP contribution in [-0.4, -0.2) is 38.0 Å². The van der Waals surface area contributed by atoms with Gasteiger partial charge in [-0.25, -0.2) is 12.8 Å². The van der Waals surface area contributed by atoms with Crippen LogP contribution >= 0.6 is 28.1 Å². The molecule has 0 atom stereocenters. The Hall–Kier alpha value is -0.730. The number of thiocarbonyl (C=S) groups is 1. The Kier molecular flexibility index (Phi) is 4.12. The summed E-state index contributed by atoms with van der Waals surface area (Å²) in [6, 6.07) is 3.21. The summed E-state index contributed by atoms with van der Waals surface area (Å²) in [4.78, 5) is 1.82. The van der Waals surface area contributed by atoms with Crippen molar-refractivity contribution < 1.29 is 12.8 Å². The Bertz CT molecular complexity index is 620. The van der Waals surface area contributed by atoms with Crippen molar-refractivity contribution in [2.24, 2.45) is 5.73 Å². The van der Waals surface area contributed by atoms with Gasteiger partial charge in [0.25, 0.3) is 0 Å². The third kappa shape index (κ3) is 3.06. The zero-order valence-electron chi connectivity index (χ0n) is 9.90. The molecule has 2 rings (SSSR count). The minimum atomic E-state index is -2.98. The van der Waals surface area contributed by atoms with Crippen molar-refractivity contribution in [2.75, 3.05) is 29.5 Å². The SMILES string of the molecule is NC(=S)c1ccc(N2CCS(=O)(=O)CC2)c(F)c1Br. The number of halogens is 2. The quantitative estimate of drug-likeness (QED) is 0.802. The maximum Gasteiger partial charge on any atom is 0.161 e. The average molecular weight is 367 g/mol. The fourth-order valence-corrected chi connectivity index (χ4v) is 3.98. The zero-order chi connectivity index (χ0) is 14.2. The second kappa shape index (κ2) is 5.34. The van der Waals surface area contributed by atoms with Gasteiger partial charge in [-0.3, -0.25) is 0 Å². The molecule has 0 bridgehead atoms. The highest BCUT2D eigenvalue weighted by Crippen LogP contribution is 2.30. The van der Waals surface area contributed by atoms with Gasteiger partial charge in [0.2, 0.25) is 0 Å². The van der Waals surface area contributed by atoms with E-state index < -0.39 is 15.7 Å². The molecule has 4 nitrogen and oxygen atoms in total. The van der Waals surface area contributed by atoms with Gasteiger partial charge in [0, 0.05) is 18.7 Å². The molecule has 0 radical (unpaired) electrons. The molecule has 0 aliphatic carbocycles. The molecule has 0 unspecified atom stereocenters. The number of sulfone groups is 1. The number of nitrogens with two attached hydrogens (primary N) is 1. The average Bonchev–Trinajstić information content (AvgIpc) is 2.33. The molecule has 0 aromatic heterocycles. The third-order valence-electron chi connectivity index (χ3n) is 3.01. The lowest BCUT2D eigenvalue weighted by Gasteiger charge is -2.29. The Balaban J connectivity index is 2.32. The van der Waals surface area contributed by atoms with Crippen LogP contribution in [0.2, 0.25) is 0 Å². The van der Waals surface area contributed by atoms with Crippen LogP contribution in [0, 0.1) is 5.82 Å². The molecule has 0 saturated carbocycles. The number of hydrogen-bond acceptors (Lipinski definition) is 4. The number of anilines is 1. The van der Waals surface area contributed by atoms with Crippen molar-refractivity contribution in [1.29, 1.82) is 0 Å². The lowest BCUT2D eigenvalue weighted by atomic mass is 10.2. The molecule has 0 spiro atoms. The van der Waals surface area contributed by atoms with Crippen molar-refractivity contribution in [3.05, 3.63) is 28.0 Å². The summed E-state index contributed by atoms with van der Waals surface area (Å²) < 4.78 is 37.2. The zero-order valence-corrected chi connectivity index (χ0v) is 13.1. The van der Waals surface area contributed by atoms with E-state index >= 15 is 0 Å². The van der Waals surface area contributed by atoms with Gasteiger partial charge in [0.15, 0.2) is 15.7 Å². The van der Waals surface area contributed by atoms with Crippen molar-refractivity contribution in [1.82, 2.24) is 0 Å². The molecule has 1 saturated heterocycles.